The molecule has 0 saturated carbocycles. The highest BCUT2D eigenvalue weighted by Crippen LogP contribution is 2.23. The maximum atomic E-state index is 11.9. The van der Waals surface area contributed by atoms with Gasteiger partial charge in [-0.3, -0.25) is 0 Å². The van der Waals surface area contributed by atoms with Crippen molar-refractivity contribution in [3.8, 4) is 0 Å². The van der Waals surface area contributed by atoms with Crippen molar-refractivity contribution >= 4 is 22.6 Å². The van der Waals surface area contributed by atoms with Crippen LogP contribution in [-0.4, -0.2) is 47.8 Å². The molecule has 1 aromatic heterocycles. The molecule has 2 rings (SSSR count). The lowest BCUT2D eigenvalue weighted by molar-refractivity contribution is 0.0240. The van der Waals surface area contributed by atoms with Gasteiger partial charge in [-0.25, -0.2) is 9.78 Å². The predicted molar refractivity (Wildman–Crippen MR) is 76.9 cm³/mol. The van der Waals surface area contributed by atoms with Crippen molar-refractivity contribution in [1.29, 1.82) is 0 Å². The minimum atomic E-state index is -0.430. The van der Waals surface area contributed by atoms with Gasteiger partial charge in [0, 0.05) is 37.3 Å². The van der Waals surface area contributed by atoms with E-state index in [9.17, 15) is 4.79 Å². The third-order valence-corrected chi connectivity index (χ3v) is 3.78. The summed E-state index contributed by atoms with van der Waals surface area (Å²) in [6, 6.07) is 0. The molecule has 106 valence electrons. The summed E-state index contributed by atoms with van der Waals surface area (Å²) in [5, 5.41) is 1.04. The highest BCUT2D eigenvalue weighted by Gasteiger charge is 2.26. The van der Waals surface area contributed by atoms with E-state index in [1.54, 1.807) is 16.2 Å². The van der Waals surface area contributed by atoms with Crippen molar-refractivity contribution in [3.05, 3.63) is 11.1 Å². The molecule has 0 N–H and O–H groups in total. The first-order valence-corrected chi connectivity index (χ1v) is 7.32. The van der Waals surface area contributed by atoms with E-state index in [2.05, 4.69) is 16.8 Å². The molecule has 1 aliphatic heterocycles. The van der Waals surface area contributed by atoms with E-state index in [4.69, 9.17) is 4.74 Å². The fraction of sp³-hybridized carbons (Fsp3) is 0.692. The monoisotopic (exact) mass is 283 g/mol. The van der Waals surface area contributed by atoms with Crippen LogP contribution in [0, 0.1) is 6.92 Å². The molecule has 0 atom stereocenters. The second kappa shape index (κ2) is 5.36. The number of rotatable bonds is 1. The molecular weight excluding hydrogens is 262 g/mol. The summed E-state index contributed by atoms with van der Waals surface area (Å²) in [6.07, 6.45) is 1.67. The first kappa shape index (κ1) is 14.1. The summed E-state index contributed by atoms with van der Waals surface area (Å²) in [4.78, 5) is 21.5. The van der Waals surface area contributed by atoms with Crippen molar-refractivity contribution < 1.29 is 9.53 Å². The van der Waals surface area contributed by atoms with Crippen LogP contribution in [0.25, 0.3) is 0 Å². The molecule has 2 heterocycles. The molecule has 0 aromatic carbocycles. The van der Waals surface area contributed by atoms with Gasteiger partial charge in [0.2, 0.25) is 0 Å². The lowest BCUT2D eigenvalue weighted by atomic mass is 10.2. The molecule has 0 aliphatic carbocycles. The number of carbonyl (C=O) groups excluding carboxylic acids is 1. The highest BCUT2D eigenvalue weighted by molar-refractivity contribution is 7.15. The number of piperazine rings is 1. The van der Waals surface area contributed by atoms with Crippen molar-refractivity contribution in [3.63, 3.8) is 0 Å². The molecule has 1 amide bonds. The first-order chi connectivity index (χ1) is 8.85. The van der Waals surface area contributed by atoms with E-state index in [1.807, 2.05) is 27.0 Å². The summed E-state index contributed by atoms with van der Waals surface area (Å²) in [5.41, 5.74) is -0.430. The van der Waals surface area contributed by atoms with Crippen molar-refractivity contribution in [2.75, 3.05) is 31.1 Å². The van der Waals surface area contributed by atoms with Gasteiger partial charge in [0.25, 0.3) is 0 Å². The van der Waals surface area contributed by atoms with Crippen LogP contribution in [0.3, 0.4) is 0 Å². The van der Waals surface area contributed by atoms with E-state index in [0.29, 0.717) is 13.1 Å². The molecule has 1 aromatic rings. The minimum absolute atomic E-state index is 0.220. The van der Waals surface area contributed by atoms with Gasteiger partial charge in [-0.1, -0.05) is 0 Å². The molecule has 19 heavy (non-hydrogen) atoms. The molecule has 0 spiro atoms. The van der Waals surface area contributed by atoms with E-state index < -0.39 is 5.60 Å². The van der Waals surface area contributed by atoms with Gasteiger partial charge < -0.3 is 14.5 Å². The molecule has 5 nitrogen and oxygen atoms in total. The Kier molecular flexibility index (Phi) is 3.99. The first-order valence-electron chi connectivity index (χ1n) is 6.50. The van der Waals surface area contributed by atoms with Crippen LogP contribution < -0.4 is 4.90 Å². The number of thiazole rings is 1. The van der Waals surface area contributed by atoms with Gasteiger partial charge in [0.1, 0.15) is 5.60 Å². The normalized spacial score (nSPS) is 16.6. The van der Waals surface area contributed by atoms with Crippen LogP contribution >= 0.6 is 11.3 Å². The number of nitrogens with zero attached hydrogens (tertiary/aromatic N) is 3. The van der Waals surface area contributed by atoms with Crippen LogP contribution in [0.5, 0.6) is 0 Å². The van der Waals surface area contributed by atoms with Crippen molar-refractivity contribution in [2.45, 2.75) is 33.3 Å². The topological polar surface area (TPSA) is 45.7 Å². The molecule has 6 heteroatoms. The van der Waals surface area contributed by atoms with Gasteiger partial charge in [0.05, 0.1) is 0 Å². The number of aryl methyl sites for hydroxylation is 1. The summed E-state index contributed by atoms with van der Waals surface area (Å²) in [5.74, 6) is 0. The standard InChI is InChI=1S/C13H21N3O2S/c1-10-9-14-11(19-10)15-5-7-16(8-6-15)12(17)18-13(2,3)4/h9H,5-8H2,1-4H3. The van der Waals surface area contributed by atoms with E-state index >= 15 is 0 Å². The predicted octanol–water partition coefficient (Wildman–Crippen LogP) is 2.51. The quantitative estimate of drug-likeness (QED) is 0.794. The zero-order chi connectivity index (χ0) is 14.0. The summed E-state index contributed by atoms with van der Waals surface area (Å²) < 4.78 is 5.38. The molecule has 0 unspecified atom stereocenters. The van der Waals surface area contributed by atoms with Crippen LogP contribution in [0.2, 0.25) is 0 Å². The van der Waals surface area contributed by atoms with Crippen LogP contribution in [0.4, 0.5) is 9.93 Å². The highest BCUT2D eigenvalue weighted by atomic mass is 32.1. The maximum Gasteiger partial charge on any atom is 0.410 e. The Hall–Kier alpha value is -1.30. The average molecular weight is 283 g/mol. The van der Waals surface area contributed by atoms with Crippen molar-refractivity contribution in [2.24, 2.45) is 0 Å². The van der Waals surface area contributed by atoms with Crippen LogP contribution in [0.15, 0.2) is 6.20 Å². The number of anilines is 1. The lowest BCUT2D eigenvalue weighted by Gasteiger charge is -2.35. The fourth-order valence-electron chi connectivity index (χ4n) is 1.90. The Bertz CT molecular complexity index is 445. The molecule has 1 saturated heterocycles. The number of aromatic nitrogens is 1. The molecule has 0 radical (unpaired) electrons. The Morgan fingerprint density at radius 2 is 1.95 bits per heavy atom. The molecule has 1 fully saturated rings. The maximum absolute atomic E-state index is 11.9. The van der Waals surface area contributed by atoms with Gasteiger partial charge in [-0.2, -0.15) is 0 Å². The van der Waals surface area contributed by atoms with Gasteiger partial charge in [-0.05, 0) is 27.7 Å². The van der Waals surface area contributed by atoms with Crippen LogP contribution in [0.1, 0.15) is 25.6 Å². The van der Waals surface area contributed by atoms with E-state index in [1.165, 1.54) is 4.88 Å². The van der Waals surface area contributed by atoms with Gasteiger partial charge in [0.15, 0.2) is 5.13 Å². The summed E-state index contributed by atoms with van der Waals surface area (Å²) in [7, 11) is 0. The van der Waals surface area contributed by atoms with Crippen molar-refractivity contribution in [1.82, 2.24) is 9.88 Å². The third-order valence-electron chi connectivity index (χ3n) is 2.81. The van der Waals surface area contributed by atoms with Gasteiger partial charge >= 0.3 is 6.09 Å². The minimum Gasteiger partial charge on any atom is -0.444 e. The van der Waals surface area contributed by atoms with Crippen LogP contribution in [-0.2, 0) is 4.74 Å². The Morgan fingerprint density at radius 3 is 2.42 bits per heavy atom. The SMILES string of the molecule is Cc1cnc(N2CCN(C(=O)OC(C)(C)C)CC2)s1. The zero-order valence-corrected chi connectivity index (χ0v) is 12.8. The summed E-state index contributed by atoms with van der Waals surface area (Å²) >= 11 is 1.69. The number of carbonyl (C=O) groups is 1. The average Bonchev–Trinajstić information content (AvgIpc) is 2.74. The third kappa shape index (κ3) is 3.83. The van der Waals surface area contributed by atoms with Gasteiger partial charge in [-0.15, -0.1) is 11.3 Å². The molecule has 0 bridgehead atoms. The molecular formula is C13H21N3O2S. The zero-order valence-electron chi connectivity index (χ0n) is 12.0. The fourth-order valence-corrected chi connectivity index (χ4v) is 2.71. The van der Waals surface area contributed by atoms with E-state index in [0.717, 1.165) is 18.2 Å². The second-order valence-corrected chi connectivity index (χ2v) is 6.92. The number of amides is 1. The lowest BCUT2D eigenvalue weighted by Crippen LogP contribution is -2.50. The smallest absolute Gasteiger partial charge is 0.410 e. The second-order valence-electron chi connectivity index (χ2n) is 5.71. The Balaban J connectivity index is 1.87. The number of ether oxygens (including phenoxy) is 1. The summed E-state index contributed by atoms with van der Waals surface area (Å²) in [6.45, 7) is 10.7. The largest absolute Gasteiger partial charge is 0.444 e. The Morgan fingerprint density at radius 1 is 1.32 bits per heavy atom. The van der Waals surface area contributed by atoms with E-state index in [-0.39, 0.29) is 6.09 Å². The molecule has 1 aliphatic rings. The Labute approximate surface area is 118 Å². The number of hydrogen-bond acceptors (Lipinski definition) is 5. The number of hydrogen-bond donors (Lipinski definition) is 0.